The molecule has 0 radical (unpaired) electrons. The van der Waals surface area contributed by atoms with E-state index < -0.39 is 6.04 Å². The molecule has 0 aliphatic carbocycles. The maximum atomic E-state index is 13.5. The van der Waals surface area contributed by atoms with Crippen LogP contribution in [-0.2, 0) is 4.74 Å². The minimum Gasteiger partial charge on any atom is -0.450 e. The van der Waals surface area contributed by atoms with E-state index in [2.05, 4.69) is 4.90 Å². The lowest BCUT2D eigenvalue weighted by atomic mass is 9.97. The highest BCUT2D eigenvalue weighted by atomic mass is 35.5. The Balaban J connectivity index is 1.53. The standard InChI is InChI=1S/C25H25ClN2O4/c1-16-3-5-17(6-4-16)22-21-23(29)19-15-18(26)7-8-20(19)32-24(21)25(30)28(22)10-2-9-27-11-13-31-14-12-27/h3-8,15,22H,2,9-14H2,1H3/t22-/m0/s1. The van der Waals surface area contributed by atoms with Gasteiger partial charge in [-0.15, -0.1) is 0 Å². The Hall–Kier alpha value is -2.67. The smallest absolute Gasteiger partial charge is 0.290 e. The Morgan fingerprint density at radius 3 is 2.53 bits per heavy atom. The number of morpholine rings is 1. The third kappa shape index (κ3) is 3.83. The van der Waals surface area contributed by atoms with Crippen LogP contribution in [-0.4, -0.2) is 55.1 Å². The van der Waals surface area contributed by atoms with Crippen LogP contribution in [0.4, 0.5) is 0 Å². The minimum absolute atomic E-state index is 0.141. The number of hydrogen-bond acceptors (Lipinski definition) is 5. The Kier molecular flexibility index (Phi) is 5.76. The van der Waals surface area contributed by atoms with Crippen LogP contribution in [0.15, 0.2) is 51.7 Å². The molecule has 2 aliphatic rings. The van der Waals surface area contributed by atoms with Crippen LogP contribution < -0.4 is 5.43 Å². The highest BCUT2D eigenvalue weighted by Crippen LogP contribution is 2.38. The van der Waals surface area contributed by atoms with Gasteiger partial charge in [-0.3, -0.25) is 14.5 Å². The van der Waals surface area contributed by atoms with Gasteiger partial charge < -0.3 is 14.1 Å². The van der Waals surface area contributed by atoms with Gasteiger partial charge in [0.1, 0.15) is 5.58 Å². The summed E-state index contributed by atoms with van der Waals surface area (Å²) in [7, 11) is 0. The first-order chi connectivity index (χ1) is 15.5. The molecule has 0 saturated carbocycles. The summed E-state index contributed by atoms with van der Waals surface area (Å²) in [4.78, 5) is 31.1. The number of carbonyl (C=O) groups is 1. The molecule has 5 rings (SSSR count). The predicted octanol–water partition coefficient (Wildman–Crippen LogP) is 4.02. The van der Waals surface area contributed by atoms with Gasteiger partial charge in [0.2, 0.25) is 5.76 Å². The summed E-state index contributed by atoms with van der Waals surface area (Å²) < 4.78 is 11.4. The molecule has 1 fully saturated rings. The van der Waals surface area contributed by atoms with Gasteiger partial charge in [-0.05, 0) is 37.1 Å². The fourth-order valence-corrected chi connectivity index (χ4v) is 4.78. The number of ether oxygens (including phenoxy) is 1. The number of benzene rings is 2. The maximum absolute atomic E-state index is 13.5. The first kappa shape index (κ1) is 21.2. The summed E-state index contributed by atoms with van der Waals surface area (Å²) in [5.74, 6) is -0.0942. The van der Waals surface area contributed by atoms with Crippen LogP contribution >= 0.6 is 11.6 Å². The molecule has 3 heterocycles. The number of amides is 1. The number of fused-ring (bicyclic) bond motifs is 2. The summed E-state index contributed by atoms with van der Waals surface area (Å²) in [6, 6.07) is 12.4. The first-order valence-corrected chi connectivity index (χ1v) is 11.3. The zero-order valence-corrected chi connectivity index (χ0v) is 18.7. The topological polar surface area (TPSA) is 63.0 Å². The molecule has 0 unspecified atom stereocenters. The second-order valence-corrected chi connectivity index (χ2v) is 8.87. The van der Waals surface area contributed by atoms with E-state index in [0.717, 1.165) is 50.4 Å². The molecule has 166 valence electrons. The van der Waals surface area contributed by atoms with E-state index in [4.69, 9.17) is 20.8 Å². The number of halogens is 1. The fourth-order valence-electron chi connectivity index (χ4n) is 4.61. The maximum Gasteiger partial charge on any atom is 0.290 e. The van der Waals surface area contributed by atoms with Crippen molar-refractivity contribution in [3.8, 4) is 0 Å². The van der Waals surface area contributed by atoms with Crippen LogP contribution in [0.25, 0.3) is 11.0 Å². The average molecular weight is 453 g/mol. The van der Waals surface area contributed by atoms with Crippen LogP contribution in [0, 0.1) is 6.92 Å². The fraction of sp³-hybridized carbons (Fsp3) is 0.360. The molecule has 2 aromatic carbocycles. The van der Waals surface area contributed by atoms with Crippen molar-refractivity contribution in [1.29, 1.82) is 0 Å². The zero-order chi connectivity index (χ0) is 22.2. The highest BCUT2D eigenvalue weighted by molar-refractivity contribution is 6.31. The van der Waals surface area contributed by atoms with Gasteiger partial charge in [-0.2, -0.15) is 0 Å². The molecule has 0 bridgehead atoms. The monoisotopic (exact) mass is 452 g/mol. The van der Waals surface area contributed by atoms with Crippen LogP contribution in [0.5, 0.6) is 0 Å². The van der Waals surface area contributed by atoms with Crippen molar-refractivity contribution in [2.45, 2.75) is 19.4 Å². The van der Waals surface area contributed by atoms with Crippen molar-refractivity contribution in [2.75, 3.05) is 39.4 Å². The molecular weight excluding hydrogens is 428 g/mol. The van der Waals surface area contributed by atoms with Gasteiger partial charge >= 0.3 is 0 Å². The highest BCUT2D eigenvalue weighted by Gasteiger charge is 2.42. The Morgan fingerprint density at radius 1 is 1.03 bits per heavy atom. The van der Waals surface area contributed by atoms with E-state index in [1.165, 1.54) is 0 Å². The summed E-state index contributed by atoms with van der Waals surface area (Å²) in [5.41, 5.74) is 2.61. The summed E-state index contributed by atoms with van der Waals surface area (Å²) >= 11 is 6.14. The van der Waals surface area contributed by atoms with Gasteiger partial charge in [0, 0.05) is 31.2 Å². The lowest BCUT2D eigenvalue weighted by molar-refractivity contribution is 0.0353. The van der Waals surface area contributed by atoms with Gasteiger partial charge in [-0.25, -0.2) is 0 Å². The van der Waals surface area contributed by atoms with E-state index in [9.17, 15) is 9.59 Å². The van der Waals surface area contributed by atoms with E-state index in [1.807, 2.05) is 31.2 Å². The van der Waals surface area contributed by atoms with Gasteiger partial charge in [0.05, 0.1) is 30.2 Å². The second-order valence-electron chi connectivity index (χ2n) is 8.43. The number of aryl methyl sites for hydroxylation is 1. The molecular formula is C25H25ClN2O4. The molecule has 6 nitrogen and oxygen atoms in total. The predicted molar refractivity (Wildman–Crippen MR) is 123 cm³/mol. The van der Waals surface area contributed by atoms with E-state index in [0.29, 0.717) is 28.1 Å². The number of hydrogen-bond donors (Lipinski definition) is 0. The van der Waals surface area contributed by atoms with Crippen molar-refractivity contribution < 1.29 is 13.9 Å². The lowest BCUT2D eigenvalue weighted by Crippen LogP contribution is -2.38. The normalized spacial score (nSPS) is 19.0. The Morgan fingerprint density at radius 2 is 1.78 bits per heavy atom. The Bertz CT molecular complexity index is 1220. The molecule has 7 heteroatoms. The zero-order valence-electron chi connectivity index (χ0n) is 18.0. The third-order valence-corrected chi connectivity index (χ3v) is 6.53. The Labute approximate surface area is 191 Å². The average Bonchev–Trinajstić information content (AvgIpc) is 3.08. The van der Waals surface area contributed by atoms with Crippen LogP contribution in [0.2, 0.25) is 5.02 Å². The van der Waals surface area contributed by atoms with Gasteiger partial charge in [0.15, 0.2) is 5.43 Å². The summed E-state index contributed by atoms with van der Waals surface area (Å²) in [6.45, 7) is 6.73. The molecule has 1 atom stereocenters. The molecule has 0 N–H and O–H groups in total. The summed E-state index contributed by atoms with van der Waals surface area (Å²) in [5, 5.41) is 0.861. The van der Waals surface area contributed by atoms with E-state index in [1.54, 1.807) is 23.1 Å². The number of carbonyl (C=O) groups excluding carboxylic acids is 1. The number of nitrogens with zero attached hydrogens (tertiary/aromatic N) is 2. The third-order valence-electron chi connectivity index (χ3n) is 6.30. The van der Waals surface area contributed by atoms with Crippen LogP contribution in [0.3, 0.4) is 0 Å². The second kappa shape index (κ2) is 8.70. The van der Waals surface area contributed by atoms with Crippen molar-refractivity contribution in [1.82, 2.24) is 9.80 Å². The first-order valence-electron chi connectivity index (χ1n) is 11.0. The largest absolute Gasteiger partial charge is 0.450 e. The molecule has 3 aromatic rings. The molecule has 2 aliphatic heterocycles. The minimum atomic E-state index is -0.470. The van der Waals surface area contributed by atoms with Crippen molar-refractivity contribution in [3.63, 3.8) is 0 Å². The molecule has 32 heavy (non-hydrogen) atoms. The molecule has 0 spiro atoms. The quantitative estimate of drug-likeness (QED) is 0.585. The lowest BCUT2D eigenvalue weighted by Gasteiger charge is -2.29. The molecule has 1 saturated heterocycles. The van der Waals surface area contributed by atoms with Crippen LogP contribution in [0.1, 0.15) is 39.7 Å². The van der Waals surface area contributed by atoms with Gasteiger partial charge in [0.25, 0.3) is 5.91 Å². The molecule has 1 aromatic heterocycles. The number of rotatable bonds is 5. The van der Waals surface area contributed by atoms with Crippen molar-refractivity contribution in [2.24, 2.45) is 0 Å². The van der Waals surface area contributed by atoms with Crippen molar-refractivity contribution >= 4 is 28.5 Å². The SMILES string of the molecule is Cc1ccc([C@H]2c3c(oc4ccc(Cl)cc4c3=O)C(=O)N2CCCN2CCOCC2)cc1. The molecule has 1 amide bonds. The van der Waals surface area contributed by atoms with Gasteiger partial charge in [-0.1, -0.05) is 41.4 Å². The van der Waals surface area contributed by atoms with E-state index >= 15 is 0 Å². The summed E-state index contributed by atoms with van der Waals surface area (Å²) in [6.07, 6.45) is 0.807. The van der Waals surface area contributed by atoms with E-state index in [-0.39, 0.29) is 17.1 Å². The van der Waals surface area contributed by atoms with Crippen molar-refractivity contribution in [3.05, 3.63) is 80.2 Å².